The lowest BCUT2D eigenvalue weighted by Gasteiger charge is -2.26. The van der Waals surface area contributed by atoms with Gasteiger partial charge in [0, 0.05) is 32.7 Å². The van der Waals surface area contributed by atoms with Crippen molar-refractivity contribution in [1.29, 1.82) is 0 Å². The van der Waals surface area contributed by atoms with E-state index < -0.39 is 0 Å². The van der Waals surface area contributed by atoms with Crippen molar-refractivity contribution in [2.24, 2.45) is 11.8 Å². The van der Waals surface area contributed by atoms with E-state index in [2.05, 4.69) is 152 Å². The zero-order valence-electron chi connectivity index (χ0n) is 28.0. The molecular formula is C46H35N3O. The fraction of sp³-hybridized carbons (Fsp3) is 0.130. The Morgan fingerprint density at radius 3 is 2.30 bits per heavy atom. The first kappa shape index (κ1) is 29.0. The van der Waals surface area contributed by atoms with Gasteiger partial charge in [0.05, 0.1) is 28.5 Å². The van der Waals surface area contributed by atoms with Crippen molar-refractivity contribution in [3.63, 3.8) is 0 Å². The molecule has 240 valence electrons. The van der Waals surface area contributed by atoms with Crippen LogP contribution in [0.4, 0.5) is 0 Å². The van der Waals surface area contributed by atoms with Crippen LogP contribution in [0.25, 0.3) is 76.9 Å². The number of benzene rings is 5. The Bertz CT molecular complexity index is 2770. The number of aromatic nitrogens is 3. The number of allylic oxidation sites excluding steroid dienone is 8. The Balaban J connectivity index is 1.15. The van der Waals surface area contributed by atoms with Crippen LogP contribution in [0, 0.1) is 11.8 Å². The minimum Gasteiger partial charge on any atom is -0.454 e. The third-order valence-electron chi connectivity index (χ3n) is 10.6. The maximum atomic E-state index is 6.69. The molecule has 2 aliphatic carbocycles. The Kier molecular flexibility index (Phi) is 6.53. The highest BCUT2D eigenvalue weighted by molar-refractivity contribution is 6.22. The van der Waals surface area contributed by atoms with Crippen LogP contribution in [0.3, 0.4) is 0 Å². The van der Waals surface area contributed by atoms with Gasteiger partial charge in [0.15, 0.2) is 11.4 Å². The van der Waals surface area contributed by atoms with E-state index in [1.165, 1.54) is 32.6 Å². The fourth-order valence-electron chi connectivity index (χ4n) is 8.12. The SMILES string of the molecule is CC1C=CC=C(c2cc(-c3ccccc3)nc(C3=CC(C)C(n4c5cc6ccccc6cc5c5ccc6c7ccccc7oc6c54)C=C3)n2)C1. The van der Waals surface area contributed by atoms with Crippen LogP contribution < -0.4 is 0 Å². The molecule has 4 nitrogen and oxygen atoms in total. The van der Waals surface area contributed by atoms with Crippen LogP contribution in [0.5, 0.6) is 0 Å². The second-order valence-electron chi connectivity index (χ2n) is 13.9. The number of hydrogen-bond donors (Lipinski definition) is 0. The molecule has 3 heterocycles. The minimum absolute atomic E-state index is 0.0579. The highest BCUT2D eigenvalue weighted by Gasteiger charge is 2.27. The van der Waals surface area contributed by atoms with Gasteiger partial charge in [-0.1, -0.05) is 129 Å². The summed E-state index contributed by atoms with van der Waals surface area (Å²) < 4.78 is 9.21. The molecule has 4 heteroatoms. The van der Waals surface area contributed by atoms with Crippen molar-refractivity contribution in [1.82, 2.24) is 14.5 Å². The Labute approximate surface area is 290 Å². The second kappa shape index (κ2) is 11.3. The summed E-state index contributed by atoms with van der Waals surface area (Å²) in [5.74, 6) is 1.40. The number of para-hydroxylation sites is 1. The molecule has 2 aliphatic rings. The molecular weight excluding hydrogens is 611 g/mol. The van der Waals surface area contributed by atoms with Crippen molar-refractivity contribution in [3.8, 4) is 11.3 Å². The first-order valence-corrected chi connectivity index (χ1v) is 17.6. The predicted molar refractivity (Wildman–Crippen MR) is 208 cm³/mol. The molecule has 3 aromatic heterocycles. The van der Waals surface area contributed by atoms with Crippen molar-refractivity contribution in [2.75, 3.05) is 0 Å². The maximum Gasteiger partial charge on any atom is 0.160 e. The molecule has 5 aromatic carbocycles. The number of furan rings is 1. The van der Waals surface area contributed by atoms with E-state index in [-0.39, 0.29) is 12.0 Å². The van der Waals surface area contributed by atoms with E-state index in [4.69, 9.17) is 14.4 Å². The van der Waals surface area contributed by atoms with Gasteiger partial charge in [-0.25, -0.2) is 9.97 Å². The Morgan fingerprint density at radius 1 is 0.700 bits per heavy atom. The normalized spacial score (nSPS) is 19.2. The smallest absolute Gasteiger partial charge is 0.160 e. The molecule has 3 unspecified atom stereocenters. The summed E-state index contributed by atoms with van der Waals surface area (Å²) in [7, 11) is 0. The van der Waals surface area contributed by atoms with E-state index >= 15 is 0 Å². The van der Waals surface area contributed by atoms with Crippen molar-refractivity contribution >= 4 is 65.7 Å². The second-order valence-corrected chi connectivity index (χ2v) is 13.9. The van der Waals surface area contributed by atoms with Gasteiger partial charge < -0.3 is 8.98 Å². The molecule has 0 radical (unpaired) electrons. The monoisotopic (exact) mass is 645 g/mol. The third kappa shape index (κ3) is 4.59. The molecule has 0 N–H and O–H groups in total. The minimum atomic E-state index is 0.0579. The summed E-state index contributed by atoms with van der Waals surface area (Å²) in [6, 6.07) is 38.9. The van der Waals surface area contributed by atoms with Gasteiger partial charge in [-0.3, -0.25) is 0 Å². The first-order chi connectivity index (χ1) is 24.6. The van der Waals surface area contributed by atoms with E-state index in [9.17, 15) is 0 Å². The Morgan fingerprint density at radius 2 is 1.46 bits per heavy atom. The van der Waals surface area contributed by atoms with Gasteiger partial charge in [-0.2, -0.15) is 0 Å². The molecule has 10 rings (SSSR count). The molecule has 0 aliphatic heterocycles. The molecule has 8 aromatic rings. The van der Waals surface area contributed by atoms with Crippen molar-refractivity contribution in [3.05, 3.63) is 157 Å². The number of nitrogens with zero attached hydrogens (tertiary/aromatic N) is 3. The largest absolute Gasteiger partial charge is 0.454 e. The van der Waals surface area contributed by atoms with E-state index in [1.807, 2.05) is 12.1 Å². The number of rotatable bonds is 4. The van der Waals surface area contributed by atoms with Crippen LogP contribution in [-0.2, 0) is 0 Å². The summed E-state index contributed by atoms with van der Waals surface area (Å²) in [6.07, 6.45) is 14.5. The molecule has 0 amide bonds. The van der Waals surface area contributed by atoms with Gasteiger partial charge in [0.1, 0.15) is 5.58 Å². The van der Waals surface area contributed by atoms with E-state index in [1.54, 1.807) is 0 Å². The highest BCUT2D eigenvalue weighted by atomic mass is 16.3. The zero-order chi connectivity index (χ0) is 33.3. The molecule has 0 saturated carbocycles. The van der Waals surface area contributed by atoms with Gasteiger partial charge in [-0.05, 0) is 64.9 Å². The molecule has 0 fully saturated rings. The van der Waals surface area contributed by atoms with Crippen LogP contribution >= 0.6 is 0 Å². The number of hydrogen-bond acceptors (Lipinski definition) is 3. The molecule has 3 atom stereocenters. The molecule has 0 spiro atoms. The molecule has 0 bridgehead atoms. The van der Waals surface area contributed by atoms with Gasteiger partial charge in [0.25, 0.3) is 0 Å². The summed E-state index contributed by atoms with van der Waals surface area (Å²) in [5.41, 5.74) is 9.53. The van der Waals surface area contributed by atoms with Crippen LogP contribution in [0.1, 0.15) is 37.8 Å². The van der Waals surface area contributed by atoms with E-state index in [0.29, 0.717) is 5.92 Å². The number of fused-ring (bicyclic) bond motifs is 8. The fourth-order valence-corrected chi connectivity index (χ4v) is 8.12. The Hall–Kier alpha value is -6.00. The molecule has 50 heavy (non-hydrogen) atoms. The average molecular weight is 646 g/mol. The highest BCUT2D eigenvalue weighted by Crippen LogP contribution is 2.44. The summed E-state index contributed by atoms with van der Waals surface area (Å²) >= 11 is 0. The standard InChI is InChI=1S/C46H35N3O/c1-28-11-10-16-33(23-28)40-27-39(30-12-4-3-5-13-30)47-46(48-40)34-19-22-41(29(2)24-34)49-42-26-32-15-7-6-14-31(32)25-38(42)36-20-21-37-35-17-8-9-18-43(35)50-45(37)44(36)49/h3-22,24-29,41H,23H2,1-2H3. The van der Waals surface area contributed by atoms with Gasteiger partial charge in [-0.15, -0.1) is 0 Å². The first-order valence-electron chi connectivity index (χ1n) is 17.6. The van der Waals surface area contributed by atoms with Crippen molar-refractivity contribution < 1.29 is 4.42 Å². The third-order valence-corrected chi connectivity index (χ3v) is 10.6. The average Bonchev–Trinajstić information content (AvgIpc) is 3.69. The summed E-state index contributed by atoms with van der Waals surface area (Å²) in [4.78, 5) is 10.4. The molecule has 0 saturated heterocycles. The van der Waals surface area contributed by atoms with Gasteiger partial charge in [0.2, 0.25) is 0 Å². The topological polar surface area (TPSA) is 43.9 Å². The lowest BCUT2D eigenvalue weighted by atomic mass is 9.91. The van der Waals surface area contributed by atoms with Crippen molar-refractivity contribution in [2.45, 2.75) is 26.3 Å². The summed E-state index contributed by atoms with van der Waals surface area (Å²) in [5, 5.41) is 7.20. The van der Waals surface area contributed by atoms with Crippen LogP contribution in [0.15, 0.2) is 150 Å². The quantitative estimate of drug-likeness (QED) is 0.191. The lowest BCUT2D eigenvalue weighted by molar-refractivity contribution is 0.510. The maximum absolute atomic E-state index is 6.69. The summed E-state index contributed by atoms with van der Waals surface area (Å²) in [6.45, 7) is 4.57. The lowest BCUT2D eigenvalue weighted by Crippen LogP contribution is -2.17. The zero-order valence-corrected chi connectivity index (χ0v) is 28.0. The van der Waals surface area contributed by atoms with E-state index in [0.717, 1.165) is 62.2 Å². The van der Waals surface area contributed by atoms with Crippen LogP contribution in [-0.4, -0.2) is 14.5 Å². The van der Waals surface area contributed by atoms with Crippen LogP contribution in [0.2, 0.25) is 0 Å². The van der Waals surface area contributed by atoms with Gasteiger partial charge >= 0.3 is 0 Å². The predicted octanol–water partition coefficient (Wildman–Crippen LogP) is 12.1.